The van der Waals surface area contributed by atoms with Crippen LogP contribution in [-0.4, -0.2) is 11.5 Å². The molecule has 0 spiro atoms. The van der Waals surface area contributed by atoms with Crippen molar-refractivity contribution >= 4 is 71.7 Å². The summed E-state index contributed by atoms with van der Waals surface area (Å²) in [5, 5.41) is 17.0. The maximum atomic E-state index is 8.51. The minimum Gasteiger partial charge on any atom is -0.398 e. The molecule has 0 atom stereocenters. The van der Waals surface area contributed by atoms with Crippen LogP contribution in [0.3, 0.4) is 0 Å². The first kappa shape index (κ1) is 23.0. The fraction of sp³-hybridized carbons (Fsp3) is 0.111. The van der Waals surface area contributed by atoms with Crippen molar-refractivity contribution in [2.45, 2.75) is 11.3 Å². The first-order valence-corrected chi connectivity index (χ1v) is 10.1. The molecular weight excluding hydrogens is 510 g/mol. The summed E-state index contributed by atoms with van der Waals surface area (Å²) in [5.41, 5.74) is 7.18. The van der Waals surface area contributed by atoms with Gasteiger partial charge in [0, 0.05) is 19.5 Å². The topological polar surface area (TPSA) is 90.8 Å². The lowest BCUT2D eigenvalue weighted by Crippen LogP contribution is -1.84. The van der Waals surface area contributed by atoms with Crippen LogP contribution in [-0.2, 0) is 6.42 Å². The number of hydrogen-bond acceptors (Lipinski definition) is 6. The Morgan fingerprint density at radius 3 is 2.33 bits per heavy atom. The summed E-state index contributed by atoms with van der Waals surface area (Å²) in [6.07, 6.45) is 0.400. The Balaban J connectivity index is 0.000000227. The van der Waals surface area contributed by atoms with Crippen molar-refractivity contribution in [3.05, 3.63) is 61.8 Å². The van der Waals surface area contributed by atoms with E-state index in [9.17, 15) is 0 Å². The second-order valence-corrected chi connectivity index (χ2v) is 8.16. The third-order valence-corrected chi connectivity index (χ3v) is 5.19. The van der Waals surface area contributed by atoms with Gasteiger partial charge in [-0.3, -0.25) is 0 Å². The molecule has 1 heterocycles. The van der Waals surface area contributed by atoms with E-state index >= 15 is 0 Å². The Bertz CT molecular complexity index is 1020. The minimum absolute atomic E-state index is 0.0139. The van der Waals surface area contributed by atoms with Gasteiger partial charge in [0.25, 0.3) is 6.54 Å². The highest BCUT2D eigenvalue weighted by molar-refractivity contribution is 9.10. The van der Waals surface area contributed by atoms with Crippen LogP contribution in [0.25, 0.3) is 15.1 Å². The molecule has 27 heavy (non-hydrogen) atoms. The molecule has 0 saturated heterocycles. The number of nitrogens with zero attached hydrogens (tertiary/aromatic N) is 4. The highest BCUT2D eigenvalue weighted by Crippen LogP contribution is 2.25. The Morgan fingerprint density at radius 2 is 1.81 bits per heavy atom. The monoisotopic (exact) mass is 521 g/mol. The molecule has 0 aliphatic rings. The van der Waals surface area contributed by atoms with Gasteiger partial charge >= 0.3 is 0 Å². The summed E-state index contributed by atoms with van der Waals surface area (Å²) >= 11 is 12.3. The first-order valence-electron chi connectivity index (χ1n) is 7.27. The van der Waals surface area contributed by atoms with E-state index < -0.39 is 0 Å². The number of aromatic nitrogens is 1. The van der Waals surface area contributed by atoms with E-state index in [2.05, 4.69) is 60.4 Å². The predicted molar refractivity (Wildman–Crippen MR) is 120 cm³/mol. The third-order valence-electron chi connectivity index (χ3n) is 2.76. The second kappa shape index (κ2) is 12.3. The maximum absolute atomic E-state index is 8.51. The third kappa shape index (κ3) is 8.43. The fourth-order valence-corrected chi connectivity index (χ4v) is 3.40. The first-order chi connectivity index (χ1) is 12.9. The minimum atomic E-state index is -0.0139. The highest BCUT2D eigenvalue weighted by Gasteiger charge is 2.02. The quantitative estimate of drug-likeness (QED) is 0.181. The number of nitrogens with two attached hydrogens (primary N) is 1. The van der Waals surface area contributed by atoms with Gasteiger partial charge in [-0.25, -0.2) is 11.6 Å². The SMILES string of the molecule is N#CCc1nc2cc(Br)ccc2s1.Nc1cc(Br)ccc1S.[C-]#[N+]CC#N. The lowest BCUT2D eigenvalue weighted by molar-refractivity contribution is 1.21. The molecule has 2 aromatic carbocycles. The van der Waals surface area contributed by atoms with Gasteiger partial charge in [-0.1, -0.05) is 31.9 Å². The number of rotatable bonds is 1. The van der Waals surface area contributed by atoms with Crippen LogP contribution in [0.4, 0.5) is 5.69 Å². The molecule has 0 aliphatic heterocycles. The highest BCUT2D eigenvalue weighted by atomic mass is 79.9. The lowest BCUT2D eigenvalue weighted by Gasteiger charge is -1.96. The zero-order valence-electron chi connectivity index (χ0n) is 13.9. The van der Waals surface area contributed by atoms with Gasteiger partial charge < -0.3 is 10.6 Å². The molecule has 9 heteroatoms. The van der Waals surface area contributed by atoms with Crippen LogP contribution < -0.4 is 5.73 Å². The molecule has 0 unspecified atom stereocenters. The van der Waals surface area contributed by atoms with Gasteiger partial charge in [-0.05, 0) is 36.4 Å². The Kier molecular flexibility index (Phi) is 10.5. The number of benzene rings is 2. The summed E-state index contributed by atoms with van der Waals surface area (Å²) < 4.78 is 3.14. The number of thiazole rings is 1. The molecule has 0 saturated carbocycles. The van der Waals surface area contributed by atoms with Crippen LogP contribution in [0.2, 0.25) is 0 Å². The van der Waals surface area contributed by atoms with Gasteiger partial charge in [0.2, 0.25) is 0 Å². The van der Waals surface area contributed by atoms with E-state index in [0.29, 0.717) is 12.1 Å². The molecule has 3 aromatic rings. The molecule has 0 radical (unpaired) electrons. The van der Waals surface area contributed by atoms with E-state index in [0.717, 1.165) is 29.1 Å². The van der Waals surface area contributed by atoms with Crippen LogP contribution in [0.15, 0.2) is 50.2 Å². The lowest BCUT2D eigenvalue weighted by atomic mass is 10.3. The zero-order chi connectivity index (χ0) is 20.2. The van der Waals surface area contributed by atoms with Crippen molar-refractivity contribution in [2.24, 2.45) is 0 Å². The van der Waals surface area contributed by atoms with Gasteiger partial charge in [0.15, 0.2) is 0 Å². The molecule has 2 N–H and O–H groups in total. The molecule has 0 fully saturated rings. The van der Waals surface area contributed by atoms with Crippen LogP contribution in [0.5, 0.6) is 0 Å². The molecule has 5 nitrogen and oxygen atoms in total. The van der Waals surface area contributed by atoms with E-state index in [-0.39, 0.29) is 6.54 Å². The fourth-order valence-electron chi connectivity index (χ4n) is 1.65. The average Bonchev–Trinajstić information content (AvgIpc) is 3.02. The Labute approximate surface area is 183 Å². The van der Waals surface area contributed by atoms with Crippen molar-refractivity contribution < 1.29 is 0 Å². The van der Waals surface area contributed by atoms with E-state index in [1.807, 2.05) is 36.4 Å². The number of fused-ring (bicyclic) bond motifs is 1. The Hall–Kier alpha value is -2.09. The maximum Gasteiger partial charge on any atom is 0.298 e. The van der Waals surface area contributed by atoms with Gasteiger partial charge in [-0.2, -0.15) is 10.5 Å². The van der Waals surface area contributed by atoms with E-state index in [1.54, 1.807) is 17.4 Å². The van der Waals surface area contributed by atoms with Crippen molar-refractivity contribution in [3.8, 4) is 12.1 Å². The molecule has 3 rings (SSSR count). The van der Waals surface area contributed by atoms with Crippen LogP contribution >= 0.6 is 55.8 Å². The van der Waals surface area contributed by atoms with Gasteiger partial charge in [-0.15, -0.1) is 24.0 Å². The normalized spacial score (nSPS) is 8.89. The number of nitrogen functional groups attached to an aromatic ring is 1. The van der Waals surface area contributed by atoms with Crippen molar-refractivity contribution in [3.63, 3.8) is 0 Å². The van der Waals surface area contributed by atoms with Crippen molar-refractivity contribution in [1.29, 1.82) is 10.5 Å². The standard InChI is InChI=1S/C9H5BrN2S.C6H6BrNS.C3H2N2/c10-6-1-2-8-7(5-6)12-9(13-8)3-4-11;7-4-1-2-6(9)5(8)3-4;1-5-3-2-4/h1-2,5H,3H2;1-3,9H,8H2;3H2. The molecule has 0 amide bonds. The molecule has 0 aliphatic carbocycles. The largest absolute Gasteiger partial charge is 0.398 e. The van der Waals surface area contributed by atoms with E-state index in [1.165, 1.54) is 0 Å². The number of thiol groups is 1. The molecular formula is C18H13Br2N5S2. The van der Waals surface area contributed by atoms with Crippen LogP contribution in [0.1, 0.15) is 5.01 Å². The van der Waals surface area contributed by atoms with Crippen molar-refractivity contribution in [1.82, 2.24) is 4.98 Å². The summed E-state index contributed by atoms with van der Waals surface area (Å²) in [7, 11) is 0. The Morgan fingerprint density at radius 1 is 1.15 bits per heavy atom. The van der Waals surface area contributed by atoms with Crippen molar-refractivity contribution in [2.75, 3.05) is 12.3 Å². The average molecular weight is 523 g/mol. The number of halogens is 2. The molecule has 136 valence electrons. The van der Waals surface area contributed by atoms with E-state index in [4.69, 9.17) is 22.8 Å². The van der Waals surface area contributed by atoms with Crippen LogP contribution in [0, 0.1) is 29.2 Å². The van der Waals surface area contributed by atoms with Gasteiger partial charge in [0.1, 0.15) is 11.1 Å². The van der Waals surface area contributed by atoms with Gasteiger partial charge in [0.05, 0.1) is 22.7 Å². The molecule has 1 aromatic heterocycles. The number of anilines is 1. The number of hydrogen-bond donors (Lipinski definition) is 2. The summed E-state index contributed by atoms with van der Waals surface area (Å²) in [4.78, 5) is 7.89. The summed E-state index contributed by atoms with van der Waals surface area (Å²) in [6, 6.07) is 15.3. The predicted octanol–water partition coefficient (Wildman–Crippen LogP) is 5.87. The second-order valence-electron chi connectivity index (χ2n) is 4.73. The molecule has 0 bridgehead atoms. The number of nitriles is 2. The summed E-state index contributed by atoms with van der Waals surface area (Å²) in [6.45, 7) is 5.99. The smallest absolute Gasteiger partial charge is 0.298 e. The zero-order valence-corrected chi connectivity index (χ0v) is 18.7. The summed E-state index contributed by atoms with van der Waals surface area (Å²) in [5.74, 6) is 0.